The van der Waals surface area contributed by atoms with Crippen molar-refractivity contribution in [2.45, 2.75) is 0 Å². The minimum atomic E-state index is -1.51. The minimum absolute atomic E-state index is 0.123. The van der Waals surface area contributed by atoms with Gasteiger partial charge in [0.2, 0.25) is 0 Å². The van der Waals surface area contributed by atoms with Crippen LogP contribution in [0.15, 0.2) is 18.2 Å². The number of carbonyl (C=O) groups is 2. The first-order valence-electron chi connectivity index (χ1n) is 5.63. The predicted molar refractivity (Wildman–Crippen MR) is 64.8 cm³/mol. The zero-order valence-electron chi connectivity index (χ0n) is 10.6. The molecular weight excluding hydrogens is 252 g/mol. The molecule has 0 bridgehead atoms. The Morgan fingerprint density at radius 1 is 1.26 bits per heavy atom. The summed E-state index contributed by atoms with van der Waals surface area (Å²) in [6.45, 7) is -0.247. The lowest BCUT2D eigenvalue weighted by molar-refractivity contribution is -0.169. The van der Waals surface area contributed by atoms with Crippen molar-refractivity contribution in [3.63, 3.8) is 0 Å². The van der Waals surface area contributed by atoms with E-state index in [2.05, 4.69) is 0 Å². The molecule has 0 radical (unpaired) electrons. The molecule has 1 saturated heterocycles. The number of rotatable bonds is 5. The van der Waals surface area contributed by atoms with Gasteiger partial charge >= 0.3 is 5.97 Å². The summed E-state index contributed by atoms with van der Waals surface area (Å²) in [7, 11) is 2.89. The first kappa shape index (κ1) is 13.4. The first-order valence-corrected chi connectivity index (χ1v) is 5.63. The standard InChI is InChI=1S/C13H14O6/c1-17-8-3-4-10(18-2)9(5-8)11(14)13(12(15)16)6-19-7-13/h3-5H,6-7H2,1-2H3,(H,15,16). The molecule has 1 aliphatic heterocycles. The van der Waals surface area contributed by atoms with Crippen LogP contribution in [0.5, 0.6) is 11.5 Å². The topological polar surface area (TPSA) is 82.1 Å². The highest BCUT2D eigenvalue weighted by molar-refractivity contribution is 6.14. The van der Waals surface area contributed by atoms with E-state index in [9.17, 15) is 14.7 Å². The Bertz CT molecular complexity index is 518. The molecule has 0 spiro atoms. The first-order chi connectivity index (χ1) is 9.05. The maximum atomic E-state index is 12.4. The third-order valence-corrected chi connectivity index (χ3v) is 3.19. The lowest BCUT2D eigenvalue weighted by atomic mass is 9.78. The number of aliphatic carboxylic acids is 1. The van der Waals surface area contributed by atoms with Crippen LogP contribution in [0.2, 0.25) is 0 Å². The van der Waals surface area contributed by atoms with Gasteiger partial charge in [-0.2, -0.15) is 0 Å². The average molecular weight is 266 g/mol. The Balaban J connectivity index is 2.45. The van der Waals surface area contributed by atoms with Crippen molar-refractivity contribution in [2.75, 3.05) is 27.4 Å². The second kappa shape index (κ2) is 4.89. The number of hydrogen-bond donors (Lipinski definition) is 1. The van der Waals surface area contributed by atoms with Crippen LogP contribution in [-0.4, -0.2) is 44.3 Å². The summed E-state index contributed by atoms with van der Waals surface area (Å²) in [5.74, 6) is -0.932. The van der Waals surface area contributed by atoms with Crippen LogP contribution in [-0.2, 0) is 9.53 Å². The molecule has 0 aromatic heterocycles. The van der Waals surface area contributed by atoms with Crippen molar-refractivity contribution in [2.24, 2.45) is 5.41 Å². The van der Waals surface area contributed by atoms with E-state index in [1.54, 1.807) is 12.1 Å². The zero-order valence-corrected chi connectivity index (χ0v) is 10.6. The van der Waals surface area contributed by atoms with Gasteiger partial charge in [-0.1, -0.05) is 0 Å². The van der Waals surface area contributed by atoms with E-state index in [1.807, 2.05) is 0 Å². The summed E-state index contributed by atoms with van der Waals surface area (Å²) in [5, 5.41) is 9.23. The molecule has 0 atom stereocenters. The van der Waals surface area contributed by atoms with Gasteiger partial charge in [0.15, 0.2) is 11.2 Å². The summed E-state index contributed by atoms with van der Waals surface area (Å²) in [4.78, 5) is 23.7. The highest BCUT2D eigenvalue weighted by Gasteiger charge is 2.53. The van der Waals surface area contributed by atoms with Crippen LogP contribution in [0.25, 0.3) is 0 Å². The number of Topliss-reactive ketones (excluding diaryl/α,β-unsaturated/α-hetero) is 1. The number of ketones is 1. The Morgan fingerprint density at radius 3 is 2.37 bits per heavy atom. The lowest BCUT2D eigenvalue weighted by Gasteiger charge is -2.35. The maximum Gasteiger partial charge on any atom is 0.322 e. The van der Waals surface area contributed by atoms with Crippen LogP contribution >= 0.6 is 0 Å². The SMILES string of the molecule is COc1ccc(OC)c(C(=O)C2(C(=O)O)COC2)c1. The maximum absolute atomic E-state index is 12.4. The highest BCUT2D eigenvalue weighted by atomic mass is 16.5. The van der Waals surface area contributed by atoms with E-state index in [0.717, 1.165) is 0 Å². The van der Waals surface area contributed by atoms with Gasteiger partial charge in [-0.15, -0.1) is 0 Å². The summed E-state index contributed by atoms with van der Waals surface area (Å²) >= 11 is 0. The molecule has 1 aromatic carbocycles. The number of carbonyl (C=O) groups excluding carboxylic acids is 1. The van der Waals surface area contributed by atoms with Crippen molar-refractivity contribution in [3.05, 3.63) is 23.8 Å². The number of hydrogen-bond acceptors (Lipinski definition) is 5. The molecular formula is C13H14O6. The van der Waals surface area contributed by atoms with Crippen molar-refractivity contribution in [1.82, 2.24) is 0 Å². The molecule has 1 fully saturated rings. The molecule has 102 valence electrons. The van der Waals surface area contributed by atoms with E-state index >= 15 is 0 Å². The van der Waals surface area contributed by atoms with Gasteiger partial charge in [-0.25, -0.2) is 0 Å². The monoisotopic (exact) mass is 266 g/mol. The zero-order chi connectivity index (χ0) is 14.0. The van der Waals surface area contributed by atoms with Crippen LogP contribution in [0.1, 0.15) is 10.4 Å². The molecule has 1 heterocycles. The quantitative estimate of drug-likeness (QED) is 0.632. The second-order valence-corrected chi connectivity index (χ2v) is 4.28. The number of carboxylic acids is 1. The molecule has 6 heteroatoms. The molecule has 1 aliphatic rings. The summed E-state index contributed by atoms with van der Waals surface area (Å²) in [6.07, 6.45) is 0. The molecule has 1 N–H and O–H groups in total. The smallest absolute Gasteiger partial charge is 0.322 e. The van der Waals surface area contributed by atoms with Crippen molar-refractivity contribution in [1.29, 1.82) is 0 Å². The van der Waals surface area contributed by atoms with Crippen LogP contribution in [0.3, 0.4) is 0 Å². The molecule has 0 aliphatic carbocycles. The van der Waals surface area contributed by atoms with Gasteiger partial charge < -0.3 is 19.3 Å². The van der Waals surface area contributed by atoms with E-state index in [0.29, 0.717) is 11.5 Å². The number of ether oxygens (including phenoxy) is 3. The molecule has 0 unspecified atom stereocenters. The third kappa shape index (κ3) is 2.04. The molecule has 6 nitrogen and oxygen atoms in total. The number of benzene rings is 1. The molecule has 19 heavy (non-hydrogen) atoms. The summed E-state index contributed by atoms with van der Waals surface area (Å²) in [5.41, 5.74) is -1.33. The Morgan fingerprint density at radius 2 is 1.95 bits per heavy atom. The second-order valence-electron chi connectivity index (χ2n) is 4.28. The van der Waals surface area contributed by atoms with E-state index in [1.165, 1.54) is 20.3 Å². The lowest BCUT2D eigenvalue weighted by Crippen LogP contribution is -2.54. The van der Waals surface area contributed by atoms with Crippen molar-refractivity contribution >= 4 is 11.8 Å². The van der Waals surface area contributed by atoms with Crippen molar-refractivity contribution in [3.8, 4) is 11.5 Å². The Labute approximate surface area is 109 Å². The number of methoxy groups -OCH3 is 2. The van der Waals surface area contributed by atoms with Gasteiger partial charge in [0.05, 0.1) is 33.0 Å². The van der Waals surface area contributed by atoms with Crippen LogP contribution in [0, 0.1) is 5.41 Å². The molecule has 0 amide bonds. The minimum Gasteiger partial charge on any atom is -0.497 e. The highest BCUT2D eigenvalue weighted by Crippen LogP contribution is 2.36. The Kier molecular flexibility index (Phi) is 3.44. The normalized spacial score (nSPS) is 16.3. The molecule has 1 aromatic rings. The largest absolute Gasteiger partial charge is 0.497 e. The van der Waals surface area contributed by atoms with Crippen LogP contribution in [0.4, 0.5) is 0 Å². The van der Waals surface area contributed by atoms with Gasteiger partial charge in [0.1, 0.15) is 11.5 Å². The number of carboxylic acid groups (broad SMARTS) is 1. The van der Waals surface area contributed by atoms with E-state index < -0.39 is 17.2 Å². The fraction of sp³-hybridized carbons (Fsp3) is 0.385. The fourth-order valence-corrected chi connectivity index (χ4v) is 1.91. The van der Waals surface area contributed by atoms with Gasteiger partial charge in [0.25, 0.3) is 0 Å². The van der Waals surface area contributed by atoms with Gasteiger partial charge in [0, 0.05) is 0 Å². The summed E-state index contributed by atoms with van der Waals surface area (Å²) < 4.78 is 15.0. The summed E-state index contributed by atoms with van der Waals surface area (Å²) in [6, 6.07) is 4.69. The Hall–Kier alpha value is -2.08. The third-order valence-electron chi connectivity index (χ3n) is 3.19. The van der Waals surface area contributed by atoms with Crippen LogP contribution < -0.4 is 9.47 Å². The van der Waals surface area contributed by atoms with E-state index in [-0.39, 0.29) is 18.8 Å². The fourth-order valence-electron chi connectivity index (χ4n) is 1.91. The van der Waals surface area contributed by atoms with Gasteiger partial charge in [-0.05, 0) is 18.2 Å². The van der Waals surface area contributed by atoms with E-state index in [4.69, 9.17) is 14.2 Å². The average Bonchev–Trinajstić information content (AvgIpc) is 2.36. The predicted octanol–water partition coefficient (Wildman–Crippen LogP) is 0.988. The molecule has 0 saturated carbocycles. The molecule has 2 rings (SSSR count). The van der Waals surface area contributed by atoms with Crippen molar-refractivity contribution < 1.29 is 28.9 Å². The van der Waals surface area contributed by atoms with Gasteiger partial charge in [-0.3, -0.25) is 9.59 Å².